The van der Waals surface area contributed by atoms with E-state index < -0.39 is 0 Å². The van der Waals surface area contributed by atoms with E-state index in [2.05, 4.69) is 171 Å². The minimum absolute atomic E-state index is 0.150. The maximum Gasteiger partial charge on any atom is 0.248 e. The summed E-state index contributed by atoms with van der Waals surface area (Å²) in [5, 5.41) is 8.67. The number of aromatic nitrogens is 4. The molecule has 0 N–H and O–H groups in total. The van der Waals surface area contributed by atoms with E-state index in [1.54, 1.807) is 0 Å². The van der Waals surface area contributed by atoms with E-state index >= 15 is 0 Å². The summed E-state index contributed by atoms with van der Waals surface area (Å²) in [7, 11) is 0. The van der Waals surface area contributed by atoms with Crippen molar-refractivity contribution >= 4 is 16.6 Å². The average molecular weight is 727 g/mol. The maximum absolute atomic E-state index is 6.08. The Morgan fingerprint density at radius 3 is 1.64 bits per heavy atom. The molecule has 1 aliphatic carbocycles. The monoisotopic (exact) mass is 726 g/mol. The predicted molar refractivity (Wildman–Crippen MR) is 229 cm³/mol. The summed E-state index contributed by atoms with van der Waals surface area (Å²) in [4.78, 5) is 11.3. The third-order valence-corrected chi connectivity index (χ3v) is 10.7. The van der Waals surface area contributed by atoms with Crippen LogP contribution in [0.3, 0.4) is 0 Å². The Bertz CT molecular complexity index is 2710. The molecular formula is C51H42N4O. The molecule has 2 atom stereocenters. The zero-order valence-electron chi connectivity index (χ0n) is 32.0. The Balaban J connectivity index is 1.15. The smallest absolute Gasteiger partial charge is 0.248 e. The number of hydrogen-bond acceptors (Lipinski definition) is 5. The van der Waals surface area contributed by atoms with Gasteiger partial charge in [-0.05, 0) is 51.8 Å². The molecule has 272 valence electrons. The molecule has 0 amide bonds. The highest BCUT2D eigenvalue weighted by atomic mass is 16.4. The second kappa shape index (κ2) is 14.5. The molecule has 0 saturated heterocycles. The number of rotatable bonds is 7. The standard InChI is InChI=1S/C51H42N4O/c1-33-31-40(50-55-54-49(56-50)39-23-15-8-16-24-39)29-30-41(33)35-25-27-38(28-26-35)46-45(37-21-13-7-14-22-37)53-48-44(36-19-11-6-12-20-36)43(51(2,3)4)32-42(47(48)52-46)34-17-9-5-10-18-34/h5-33,41H,1-4H3. The Kier molecular flexibility index (Phi) is 9.06. The van der Waals surface area contributed by atoms with Gasteiger partial charge in [-0.15, -0.1) is 10.2 Å². The van der Waals surface area contributed by atoms with Crippen molar-refractivity contribution in [2.24, 2.45) is 5.92 Å². The van der Waals surface area contributed by atoms with Gasteiger partial charge in [-0.3, -0.25) is 0 Å². The first-order valence-electron chi connectivity index (χ1n) is 19.3. The fourth-order valence-corrected chi connectivity index (χ4v) is 7.82. The van der Waals surface area contributed by atoms with Crippen molar-refractivity contribution < 1.29 is 4.42 Å². The average Bonchev–Trinajstić information content (AvgIpc) is 3.74. The molecule has 0 fully saturated rings. The molecule has 5 heteroatoms. The topological polar surface area (TPSA) is 64.7 Å². The summed E-state index contributed by atoms with van der Waals surface area (Å²) in [5.41, 5.74) is 14.2. The van der Waals surface area contributed by atoms with Crippen molar-refractivity contribution in [2.75, 3.05) is 0 Å². The van der Waals surface area contributed by atoms with Gasteiger partial charge in [-0.2, -0.15) is 0 Å². The summed E-state index contributed by atoms with van der Waals surface area (Å²) in [6, 6.07) is 52.8. The van der Waals surface area contributed by atoms with Crippen LogP contribution in [0.5, 0.6) is 0 Å². The normalized spacial score (nSPS) is 15.5. The second-order valence-electron chi connectivity index (χ2n) is 15.6. The largest absolute Gasteiger partial charge is 0.416 e. The van der Waals surface area contributed by atoms with E-state index in [1.807, 2.05) is 36.4 Å². The molecule has 0 saturated carbocycles. The second-order valence-corrected chi connectivity index (χ2v) is 15.6. The van der Waals surface area contributed by atoms with Gasteiger partial charge in [0.2, 0.25) is 11.8 Å². The van der Waals surface area contributed by atoms with Crippen LogP contribution in [-0.2, 0) is 5.41 Å². The zero-order valence-corrected chi connectivity index (χ0v) is 32.0. The van der Waals surface area contributed by atoms with Gasteiger partial charge in [-0.25, -0.2) is 9.97 Å². The highest BCUT2D eigenvalue weighted by Gasteiger charge is 2.27. The van der Waals surface area contributed by atoms with Crippen LogP contribution >= 0.6 is 0 Å². The van der Waals surface area contributed by atoms with E-state index in [-0.39, 0.29) is 17.3 Å². The van der Waals surface area contributed by atoms with E-state index in [9.17, 15) is 0 Å². The van der Waals surface area contributed by atoms with Gasteiger partial charge in [0.15, 0.2) is 0 Å². The lowest BCUT2D eigenvalue weighted by molar-refractivity contribution is 0.550. The molecule has 1 aliphatic rings. The van der Waals surface area contributed by atoms with Crippen molar-refractivity contribution in [3.63, 3.8) is 0 Å². The van der Waals surface area contributed by atoms with Crippen molar-refractivity contribution in [3.8, 4) is 56.2 Å². The number of allylic oxidation sites excluding steroid dienone is 4. The molecule has 5 nitrogen and oxygen atoms in total. The van der Waals surface area contributed by atoms with Crippen molar-refractivity contribution in [1.82, 2.24) is 20.2 Å². The number of nitrogens with zero attached hydrogens (tertiary/aromatic N) is 4. The fourth-order valence-electron chi connectivity index (χ4n) is 7.82. The molecule has 9 rings (SSSR count). The molecule has 8 aromatic rings. The lowest BCUT2D eigenvalue weighted by Gasteiger charge is -2.26. The van der Waals surface area contributed by atoms with Crippen molar-refractivity contribution in [3.05, 3.63) is 187 Å². The molecule has 2 aromatic heterocycles. The third kappa shape index (κ3) is 6.66. The van der Waals surface area contributed by atoms with E-state index in [4.69, 9.17) is 14.4 Å². The van der Waals surface area contributed by atoms with Gasteiger partial charge in [0.1, 0.15) is 0 Å². The number of benzene rings is 6. The first-order chi connectivity index (χ1) is 27.3. The molecule has 6 aromatic carbocycles. The van der Waals surface area contributed by atoms with Crippen LogP contribution in [-0.4, -0.2) is 20.2 Å². The van der Waals surface area contributed by atoms with Crippen molar-refractivity contribution in [1.29, 1.82) is 0 Å². The molecule has 0 bridgehead atoms. The lowest BCUT2D eigenvalue weighted by Crippen LogP contribution is -2.14. The number of hydrogen-bond donors (Lipinski definition) is 0. The minimum Gasteiger partial charge on any atom is -0.416 e. The van der Waals surface area contributed by atoms with Crippen molar-refractivity contribution in [2.45, 2.75) is 39.0 Å². The molecule has 0 radical (unpaired) electrons. The van der Waals surface area contributed by atoms with E-state index in [0.717, 1.165) is 66.9 Å². The van der Waals surface area contributed by atoms with Crippen LogP contribution < -0.4 is 0 Å². The lowest BCUT2D eigenvalue weighted by atomic mass is 9.79. The van der Waals surface area contributed by atoms with Gasteiger partial charge in [0, 0.05) is 39.3 Å². The van der Waals surface area contributed by atoms with Crippen LogP contribution in [0, 0.1) is 5.92 Å². The molecule has 0 aliphatic heterocycles. The molecule has 2 heterocycles. The summed E-state index contributed by atoms with van der Waals surface area (Å²) in [5.74, 6) is 1.46. The summed E-state index contributed by atoms with van der Waals surface area (Å²) < 4.78 is 6.08. The fraction of sp³-hybridized carbons (Fsp3) is 0.137. The molecule has 0 spiro atoms. The molecular weight excluding hydrogens is 685 g/mol. The summed E-state index contributed by atoms with van der Waals surface area (Å²) in [6.45, 7) is 9.08. The summed E-state index contributed by atoms with van der Waals surface area (Å²) in [6.07, 6.45) is 6.57. The van der Waals surface area contributed by atoms with Gasteiger partial charge < -0.3 is 4.42 Å². The van der Waals surface area contributed by atoms with E-state index in [1.165, 1.54) is 11.1 Å². The molecule has 56 heavy (non-hydrogen) atoms. The Morgan fingerprint density at radius 2 is 1.05 bits per heavy atom. The zero-order chi connectivity index (χ0) is 38.2. The van der Waals surface area contributed by atoms with Crippen LogP contribution in [0.25, 0.3) is 72.8 Å². The highest BCUT2D eigenvalue weighted by molar-refractivity contribution is 6.04. The van der Waals surface area contributed by atoms with Gasteiger partial charge in [0.25, 0.3) is 0 Å². The van der Waals surface area contributed by atoms with Crippen LogP contribution in [0.1, 0.15) is 50.6 Å². The Morgan fingerprint density at radius 1 is 0.536 bits per heavy atom. The van der Waals surface area contributed by atoms with Gasteiger partial charge in [-0.1, -0.05) is 179 Å². The first-order valence-corrected chi connectivity index (χ1v) is 19.3. The first kappa shape index (κ1) is 35.0. The highest BCUT2D eigenvalue weighted by Crippen LogP contribution is 2.44. The Labute approximate surface area is 328 Å². The minimum atomic E-state index is -0.150. The number of fused-ring (bicyclic) bond motifs is 1. The Hall–Kier alpha value is -6.72. The van der Waals surface area contributed by atoms with Gasteiger partial charge >= 0.3 is 0 Å². The van der Waals surface area contributed by atoms with Crippen LogP contribution in [0.2, 0.25) is 0 Å². The predicted octanol–water partition coefficient (Wildman–Crippen LogP) is 13.0. The summed E-state index contributed by atoms with van der Waals surface area (Å²) >= 11 is 0. The quantitative estimate of drug-likeness (QED) is 0.164. The SMILES string of the molecule is CC1C=C(c2nnc(-c3ccccc3)o2)C=CC1c1ccc(-c2nc3c(-c4ccccc4)cc(C(C)(C)C)c(-c4ccccc4)c3nc2-c2ccccc2)cc1. The maximum atomic E-state index is 6.08. The van der Waals surface area contributed by atoms with Crippen LogP contribution in [0.15, 0.2) is 174 Å². The van der Waals surface area contributed by atoms with E-state index in [0.29, 0.717) is 11.8 Å². The third-order valence-electron chi connectivity index (χ3n) is 10.7. The van der Waals surface area contributed by atoms with Gasteiger partial charge in [0.05, 0.1) is 22.4 Å². The molecule has 2 unspecified atom stereocenters. The van der Waals surface area contributed by atoms with Crippen LogP contribution in [0.4, 0.5) is 0 Å².